The molecule has 1 aliphatic heterocycles. The van der Waals surface area contributed by atoms with Crippen molar-refractivity contribution < 1.29 is 9.47 Å². The Morgan fingerprint density at radius 2 is 2.29 bits per heavy atom. The Morgan fingerprint density at radius 3 is 3.00 bits per heavy atom. The quantitative estimate of drug-likeness (QED) is 0.737. The van der Waals surface area contributed by atoms with Crippen molar-refractivity contribution in [3.05, 3.63) is 23.8 Å². The van der Waals surface area contributed by atoms with E-state index in [1.54, 1.807) is 7.11 Å². The lowest BCUT2D eigenvalue weighted by molar-refractivity contribution is 0.221. The molecule has 0 radical (unpaired) electrons. The van der Waals surface area contributed by atoms with Crippen molar-refractivity contribution in [2.24, 2.45) is 5.73 Å². The van der Waals surface area contributed by atoms with Gasteiger partial charge in [0.05, 0.1) is 19.3 Å². The normalized spacial score (nSPS) is 25.1. The Bertz CT molecular complexity index is 333. The highest BCUT2D eigenvalue weighted by molar-refractivity contribution is 5.50. The van der Waals surface area contributed by atoms with Crippen molar-refractivity contribution >= 4 is 0 Å². The van der Waals surface area contributed by atoms with Crippen LogP contribution in [0.1, 0.15) is 18.9 Å². The number of hydrogen-bond acceptors (Lipinski definition) is 3. The average Bonchev–Trinajstić information content (AvgIpc) is 2.16. The zero-order valence-corrected chi connectivity index (χ0v) is 8.54. The second-order valence-corrected chi connectivity index (χ2v) is 3.85. The van der Waals surface area contributed by atoms with Gasteiger partial charge in [-0.05, 0) is 19.1 Å². The van der Waals surface area contributed by atoms with Crippen LogP contribution in [0.25, 0.3) is 0 Å². The summed E-state index contributed by atoms with van der Waals surface area (Å²) in [6.45, 7) is 2.68. The SMILES string of the molecule is COc1cccc2c1C(C)(N)CCO2. The van der Waals surface area contributed by atoms with Crippen LogP contribution in [0.3, 0.4) is 0 Å². The van der Waals surface area contributed by atoms with E-state index in [4.69, 9.17) is 15.2 Å². The molecule has 0 aliphatic carbocycles. The third kappa shape index (κ3) is 1.34. The summed E-state index contributed by atoms with van der Waals surface area (Å²) in [7, 11) is 1.65. The first-order valence-corrected chi connectivity index (χ1v) is 4.74. The molecule has 14 heavy (non-hydrogen) atoms. The summed E-state index contributed by atoms with van der Waals surface area (Å²) in [5, 5.41) is 0. The molecule has 0 saturated heterocycles. The molecule has 1 heterocycles. The molecule has 0 spiro atoms. The van der Waals surface area contributed by atoms with Gasteiger partial charge in [-0.1, -0.05) is 6.07 Å². The highest BCUT2D eigenvalue weighted by atomic mass is 16.5. The van der Waals surface area contributed by atoms with Gasteiger partial charge in [-0.3, -0.25) is 0 Å². The standard InChI is InChI=1S/C11H15NO2/c1-11(12)6-7-14-9-5-3-4-8(13-2)10(9)11/h3-5H,6-7,12H2,1-2H3. The molecule has 1 aromatic carbocycles. The number of nitrogens with two attached hydrogens (primary N) is 1. The average molecular weight is 193 g/mol. The van der Waals surface area contributed by atoms with Crippen LogP contribution in [0.4, 0.5) is 0 Å². The maximum Gasteiger partial charge on any atom is 0.128 e. The van der Waals surface area contributed by atoms with Crippen molar-refractivity contribution in [1.82, 2.24) is 0 Å². The molecule has 0 saturated carbocycles. The highest BCUT2D eigenvalue weighted by Gasteiger charge is 2.32. The summed E-state index contributed by atoms with van der Waals surface area (Å²) in [5.41, 5.74) is 6.84. The monoisotopic (exact) mass is 193 g/mol. The van der Waals surface area contributed by atoms with E-state index in [-0.39, 0.29) is 5.54 Å². The van der Waals surface area contributed by atoms with Crippen LogP contribution in [0, 0.1) is 0 Å². The number of hydrogen-bond donors (Lipinski definition) is 1. The second kappa shape index (κ2) is 3.17. The molecule has 76 valence electrons. The fourth-order valence-electron chi connectivity index (χ4n) is 1.86. The molecule has 1 atom stereocenters. The van der Waals surface area contributed by atoms with E-state index in [2.05, 4.69) is 0 Å². The highest BCUT2D eigenvalue weighted by Crippen LogP contribution is 2.40. The Balaban J connectivity index is 2.58. The molecule has 1 aliphatic rings. The van der Waals surface area contributed by atoms with Gasteiger partial charge < -0.3 is 15.2 Å². The minimum Gasteiger partial charge on any atom is -0.496 e. The third-order valence-electron chi connectivity index (χ3n) is 2.66. The minimum atomic E-state index is -0.347. The first kappa shape index (κ1) is 9.34. The first-order chi connectivity index (χ1) is 6.65. The summed E-state index contributed by atoms with van der Waals surface area (Å²) in [6, 6.07) is 5.76. The van der Waals surface area contributed by atoms with E-state index in [1.807, 2.05) is 25.1 Å². The van der Waals surface area contributed by atoms with E-state index >= 15 is 0 Å². The molecule has 0 amide bonds. The molecular formula is C11H15NO2. The van der Waals surface area contributed by atoms with Gasteiger partial charge in [0.2, 0.25) is 0 Å². The predicted molar refractivity (Wildman–Crippen MR) is 54.6 cm³/mol. The van der Waals surface area contributed by atoms with Crippen molar-refractivity contribution in [3.8, 4) is 11.5 Å². The maximum atomic E-state index is 6.21. The first-order valence-electron chi connectivity index (χ1n) is 4.74. The predicted octanol–water partition coefficient (Wildman–Crippen LogP) is 1.65. The van der Waals surface area contributed by atoms with Gasteiger partial charge in [-0.2, -0.15) is 0 Å². The molecule has 0 aromatic heterocycles. The third-order valence-corrected chi connectivity index (χ3v) is 2.66. The largest absolute Gasteiger partial charge is 0.496 e. The van der Waals surface area contributed by atoms with Gasteiger partial charge in [-0.15, -0.1) is 0 Å². The van der Waals surface area contributed by atoms with E-state index in [0.29, 0.717) is 6.61 Å². The van der Waals surface area contributed by atoms with Crippen molar-refractivity contribution in [2.75, 3.05) is 13.7 Å². The van der Waals surface area contributed by atoms with Gasteiger partial charge in [-0.25, -0.2) is 0 Å². The van der Waals surface area contributed by atoms with E-state index in [1.165, 1.54) is 0 Å². The van der Waals surface area contributed by atoms with Crippen LogP contribution in [0.15, 0.2) is 18.2 Å². The topological polar surface area (TPSA) is 44.5 Å². The number of ether oxygens (including phenoxy) is 2. The molecule has 3 heteroatoms. The second-order valence-electron chi connectivity index (χ2n) is 3.85. The van der Waals surface area contributed by atoms with Gasteiger partial charge in [0.25, 0.3) is 0 Å². The number of fused-ring (bicyclic) bond motifs is 1. The Labute approximate surface area is 83.8 Å². The van der Waals surface area contributed by atoms with E-state index < -0.39 is 0 Å². The van der Waals surface area contributed by atoms with Crippen molar-refractivity contribution in [3.63, 3.8) is 0 Å². The summed E-state index contributed by atoms with van der Waals surface area (Å²) >= 11 is 0. The van der Waals surface area contributed by atoms with Crippen LogP contribution >= 0.6 is 0 Å². The summed E-state index contributed by atoms with van der Waals surface area (Å²) in [4.78, 5) is 0. The van der Waals surface area contributed by atoms with Gasteiger partial charge in [0, 0.05) is 12.0 Å². The molecule has 1 unspecified atom stereocenters. The lowest BCUT2D eigenvalue weighted by Gasteiger charge is -2.33. The minimum absolute atomic E-state index is 0.347. The molecule has 1 aromatic rings. The molecule has 3 nitrogen and oxygen atoms in total. The van der Waals surface area contributed by atoms with Crippen molar-refractivity contribution in [1.29, 1.82) is 0 Å². The summed E-state index contributed by atoms with van der Waals surface area (Å²) in [6.07, 6.45) is 0.820. The Kier molecular flexibility index (Phi) is 2.11. The Morgan fingerprint density at radius 1 is 1.50 bits per heavy atom. The van der Waals surface area contributed by atoms with E-state index in [9.17, 15) is 0 Å². The molecule has 2 rings (SSSR count). The number of benzene rings is 1. The number of rotatable bonds is 1. The van der Waals surface area contributed by atoms with Crippen LogP contribution in [0.2, 0.25) is 0 Å². The molecular weight excluding hydrogens is 178 g/mol. The van der Waals surface area contributed by atoms with Gasteiger partial charge in [0.1, 0.15) is 11.5 Å². The van der Waals surface area contributed by atoms with Gasteiger partial charge in [0.15, 0.2) is 0 Å². The van der Waals surface area contributed by atoms with Crippen LogP contribution in [0.5, 0.6) is 11.5 Å². The fourth-order valence-corrected chi connectivity index (χ4v) is 1.86. The zero-order valence-electron chi connectivity index (χ0n) is 8.54. The van der Waals surface area contributed by atoms with Crippen LogP contribution in [-0.2, 0) is 5.54 Å². The smallest absolute Gasteiger partial charge is 0.128 e. The molecule has 0 fully saturated rings. The van der Waals surface area contributed by atoms with Crippen LogP contribution < -0.4 is 15.2 Å². The van der Waals surface area contributed by atoms with Crippen LogP contribution in [-0.4, -0.2) is 13.7 Å². The number of methoxy groups -OCH3 is 1. The Hall–Kier alpha value is -1.22. The maximum absolute atomic E-state index is 6.21. The zero-order chi connectivity index (χ0) is 10.2. The molecule has 2 N–H and O–H groups in total. The summed E-state index contributed by atoms with van der Waals surface area (Å²) < 4.78 is 10.8. The molecule has 0 bridgehead atoms. The van der Waals surface area contributed by atoms with Gasteiger partial charge >= 0.3 is 0 Å². The lowest BCUT2D eigenvalue weighted by Crippen LogP contribution is -2.38. The summed E-state index contributed by atoms with van der Waals surface area (Å²) in [5.74, 6) is 1.66. The lowest BCUT2D eigenvalue weighted by atomic mass is 9.87. The fraction of sp³-hybridized carbons (Fsp3) is 0.455. The van der Waals surface area contributed by atoms with E-state index in [0.717, 1.165) is 23.5 Å². The van der Waals surface area contributed by atoms with Crippen molar-refractivity contribution in [2.45, 2.75) is 18.9 Å².